The largest absolute Gasteiger partial charge is 0.493 e. The van der Waals surface area contributed by atoms with Crippen LogP contribution in [0.2, 0.25) is 0 Å². The molecular formula is C30H35NO5. The lowest BCUT2D eigenvalue weighted by molar-refractivity contribution is 0.0916. The Morgan fingerprint density at radius 3 is 2.19 bits per heavy atom. The molecule has 1 aromatic heterocycles. The standard InChI is InChI=1S/C30H35NO5/c1-18-15-21-22(30(4,5)14-13-29(21,2)3)16-20(18)26(32)23-11-12-25(36-23)28(33)31-17-19-9-8-10-24(34-6)27(19)35-7/h8-12,15-16H,13-14,17H2,1-7H3,(H,31,33). The highest BCUT2D eigenvalue weighted by Crippen LogP contribution is 2.46. The average molecular weight is 490 g/mol. The van der Waals surface area contributed by atoms with Crippen molar-refractivity contribution in [2.45, 2.75) is 64.8 Å². The van der Waals surface area contributed by atoms with Gasteiger partial charge in [0.15, 0.2) is 23.0 Å². The van der Waals surface area contributed by atoms with Gasteiger partial charge in [-0.05, 0) is 71.6 Å². The highest BCUT2D eigenvalue weighted by molar-refractivity contribution is 6.09. The summed E-state index contributed by atoms with van der Waals surface area (Å²) in [6.07, 6.45) is 2.17. The van der Waals surface area contributed by atoms with E-state index in [2.05, 4.69) is 39.1 Å². The molecule has 0 fully saturated rings. The summed E-state index contributed by atoms with van der Waals surface area (Å²) in [6.45, 7) is 11.2. The zero-order chi connectivity index (χ0) is 26.3. The fraction of sp³-hybridized carbons (Fsp3) is 0.400. The van der Waals surface area contributed by atoms with Crippen molar-refractivity contribution in [2.24, 2.45) is 0 Å². The second-order valence-corrected chi connectivity index (χ2v) is 10.8. The molecule has 0 saturated heterocycles. The van der Waals surface area contributed by atoms with Crippen molar-refractivity contribution in [3.8, 4) is 11.5 Å². The van der Waals surface area contributed by atoms with Gasteiger partial charge in [-0.25, -0.2) is 0 Å². The lowest BCUT2D eigenvalue weighted by Gasteiger charge is -2.42. The lowest BCUT2D eigenvalue weighted by Crippen LogP contribution is -2.34. The van der Waals surface area contributed by atoms with Crippen LogP contribution in [0.3, 0.4) is 0 Å². The fourth-order valence-corrected chi connectivity index (χ4v) is 5.04. The molecule has 0 unspecified atom stereocenters. The van der Waals surface area contributed by atoms with Crippen molar-refractivity contribution < 1.29 is 23.5 Å². The van der Waals surface area contributed by atoms with Gasteiger partial charge in [0.2, 0.25) is 5.78 Å². The predicted octanol–water partition coefficient (Wildman–Crippen LogP) is 6.12. The van der Waals surface area contributed by atoms with E-state index in [-0.39, 0.29) is 34.7 Å². The molecule has 6 heteroatoms. The Hall–Kier alpha value is -3.54. The van der Waals surface area contributed by atoms with Gasteiger partial charge in [0.1, 0.15) is 0 Å². The minimum absolute atomic E-state index is 0.0109. The summed E-state index contributed by atoms with van der Waals surface area (Å²) < 4.78 is 16.5. The SMILES string of the molecule is COc1cccc(CNC(=O)c2ccc(C(=O)c3cc4c(cc3C)C(C)(C)CCC4(C)C)o2)c1OC. The number of furan rings is 1. The molecule has 0 atom stereocenters. The van der Waals surface area contributed by atoms with Gasteiger partial charge in [-0.2, -0.15) is 0 Å². The number of carbonyl (C=O) groups is 2. The first kappa shape index (κ1) is 25.5. The van der Waals surface area contributed by atoms with Crippen LogP contribution in [0.25, 0.3) is 0 Å². The molecule has 0 bridgehead atoms. The van der Waals surface area contributed by atoms with Gasteiger partial charge in [0.25, 0.3) is 5.91 Å². The van der Waals surface area contributed by atoms with Crippen LogP contribution in [-0.2, 0) is 17.4 Å². The Morgan fingerprint density at radius 2 is 1.56 bits per heavy atom. The molecule has 1 aliphatic rings. The second kappa shape index (κ2) is 9.49. The summed E-state index contributed by atoms with van der Waals surface area (Å²) >= 11 is 0. The van der Waals surface area contributed by atoms with Gasteiger partial charge in [-0.1, -0.05) is 45.9 Å². The third-order valence-corrected chi connectivity index (χ3v) is 7.42. The Labute approximate surface area is 213 Å². The predicted molar refractivity (Wildman–Crippen MR) is 139 cm³/mol. The maximum absolute atomic E-state index is 13.4. The number of carbonyl (C=O) groups excluding carboxylic acids is 2. The van der Waals surface area contributed by atoms with Crippen LogP contribution in [0.5, 0.6) is 11.5 Å². The van der Waals surface area contributed by atoms with Gasteiger partial charge in [0.05, 0.1) is 14.2 Å². The molecule has 3 aromatic rings. The number of rotatable bonds is 7. The molecule has 1 amide bonds. The van der Waals surface area contributed by atoms with Crippen LogP contribution in [0.4, 0.5) is 0 Å². The monoisotopic (exact) mass is 489 g/mol. The Balaban J connectivity index is 1.55. The summed E-state index contributed by atoms with van der Waals surface area (Å²) in [5.41, 5.74) is 4.87. The normalized spacial score (nSPS) is 15.6. The van der Waals surface area contributed by atoms with Gasteiger partial charge >= 0.3 is 0 Å². The highest BCUT2D eigenvalue weighted by atomic mass is 16.5. The van der Waals surface area contributed by atoms with E-state index in [1.807, 2.05) is 25.1 Å². The Morgan fingerprint density at radius 1 is 0.917 bits per heavy atom. The molecule has 1 heterocycles. The van der Waals surface area contributed by atoms with E-state index in [0.717, 1.165) is 24.0 Å². The van der Waals surface area contributed by atoms with Crippen LogP contribution in [-0.4, -0.2) is 25.9 Å². The maximum Gasteiger partial charge on any atom is 0.287 e. The molecule has 2 aromatic carbocycles. The number of aryl methyl sites for hydroxylation is 1. The van der Waals surface area contributed by atoms with E-state index in [1.165, 1.54) is 17.2 Å². The molecule has 4 rings (SSSR count). The van der Waals surface area contributed by atoms with Crippen molar-refractivity contribution >= 4 is 11.7 Å². The van der Waals surface area contributed by atoms with Crippen molar-refractivity contribution in [1.29, 1.82) is 0 Å². The summed E-state index contributed by atoms with van der Waals surface area (Å²) in [6, 6.07) is 12.8. The van der Waals surface area contributed by atoms with E-state index in [0.29, 0.717) is 17.1 Å². The molecule has 0 spiro atoms. The molecule has 0 radical (unpaired) electrons. The van der Waals surface area contributed by atoms with Crippen LogP contribution >= 0.6 is 0 Å². The van der Waals surface area contributed by atoms with Crippen molar-refractivity contribution in [3.63, 3.8) is 0 Å². The fourth-order valence-electron chi connectivity index (χ4n) is 5.04. The lowest BCUT2D eigenvalue weighted by atomic mass is 9.62. The summed E-state index contributed by atoms with van der Waals surface area (Å²) in [5, 5.41) is 2.83. The second-order valence-electron chi connectivity index (χ2n) is 10.8. The highest BCUT2D eigenvalue weighted by Gasteiger charge is 2.38. The summed E-state index contributed by atoms with van der Waals surface area (Å²) in [4.78, 5) is 26.2. The molecule has 6 nitrogen and oxygen atoms in total. The number of amides is 1. The average Bonchev–Trinajstić information content (AvgIpc) is 3.35. The molecule has 0 aliphatic heterocycles. The molecule has 1 aliphatic carbocycles. The Bertz CT molecular complexity index is 1310. The molecule has 0 saturated carbocycles. The van der Waals surface area contributed by atoms with E-state index in [1.54, 1.807) is 26.4 Å². The number of ketones is 1. The first-order valence-corrected chi connectivity index (χ1v) is 12.3. The topological polar surface area (TPSA) is 77.8 Å². The van der Waals surface area contributed by atoms with E-state index >= 15 is 0 Å². The molecule has 190 valence electrons. The van der Waals surface area contributed by atoms with E-state index in [4.69, 9.17) is 13.9 Å². The smallest absolute Gasteiger partial charge is 0.287 e. The van der Waals surface area contributed by atoms with Gasteiger partial charge in [0, 0.05) is 17.7 Å². The quantitative estimate of drug-likeness (QED) is 0.405. The van der Waals surface area contributed by atoms with Crippen LogP contribution in [0.1, 0.15) is 89.5 Å². The zero-order valence-corrected chi connectivity index (χ0v) is 22.2. The van der Waals surface area contributed by atoms with Crippen molar-refractivity contribution in [3.05, 3.63) is 81.8 Å². The third kappa shape index (κ3) is 4.64. The number of benzene rings is 2. The molecule has 36 heavy (non-hydrogen) atoms. The number of hydrogen-bond acceptors (Lipinski definition) is 5. The number of methoxy groups -OCH3 is 2. The number of nitrogens with one attached hydrogen (secondary N) is 1. The van der Waals surface area contributed by atoms with Gasteiger partial charge in [-0.3, -0.25) is 9.59 Å². The van der Waals surface area contributed by atoms with Crippen molar-refractivity contribution in [2.75, 3.05) is 14.2 Å². The number of ether oxygens (including phenoxy) is 2. The molecular weight excluding hydrogens is 454 g/mol. The number of hydrogen-bond donors (Lipinski definition) is 1. The van der Waals surface area contributed by atoms with Crippen molar-refractivity contribution in [1.82, 2.24) is 5.32 Å². The number of para-hydroxylation sites is 1. The maximum atomic E-state index is 13.4. The number of fused-ring (bicyclic) bond motifs is 1. The first-order valence-electron chi connectivity index (χ1n) is 12.3. The Kier molecular flexibility index (Phi) is 6.74. The third-order valence-electron chi connectivity index (χ3n) is 7.42. The minimum Gasteiger partial charge on any atom is -0.493 e. The van der Waals surface area contributed by atoms with Crippen LogP contribution in [0.15, 0.2) is 46.9 Å². The minimum atomic E-state index is -0.413. The van der Waals surface area contributed by atoms with Gasteiger partial charge < -0.3 is 19.2 Å². The van der Waals surface area contributed by atoms with E-state index in [9.17, 15) is 9.59 Å². The molecule has 1 N–H and O–H groups in total. The van der Waals surface area contributed by atoms with Crippen LogP contribution in [0, 0.1) is 6.92 Å². The van der Waals surface area contributed by atoms with E-state index < -0.39 is 5.91 Å². The summed E-state index contributed by atoms with van der Waals surface area (Å²) in [7, 11) is 3.12. The van der Waals surface area contributed by atoms with Crippen LogP contribution < -0.4 is 14.8 Å². The summed E-state index contributed by atoms with van der Waals surface area (Å²) in [5.74, 6) is 0.742. The van der Waals surface area contributed by atoms with Gasteiger partial charge in [-0.15, -0.1) is 0 Å². The zero-order valence-electron chi connectivity index (χ0n) is 22.2. The first-order chi connectivity index (χ1) is 17.0.